The van der Waals surface area contributed by atoms with Gasteiger partial charge in [0.1, 0.15) is 18.1 Å². The zero-order chi connectivity index (χ0) is 17.5. The van der Waals surface area contributed by atoms with Crippen molar-refractivity contribution in [3.8, 4) is 11.6 Å². The van der Waals surface area contributed by atoms with Gasteiger partial charge in [-0.3, -0.25) is 4.79 Å². The first-order valence-corrected chi connectivity index (χ1v) is 7.65. The molecule has 0 unspecified atom stereocenters. The Morgan fingerprint density at radius 2 is 2.04 bits per heavy atom. The maximum absolute atomic E-state index is 12.1. The molecular weight excluding hydrogens is 322 g/mol. The number of rotatable bonds is 7. The number of aromatic nitrogens is 2. The molecule has 128 valence electrons. The molecule has 0 saturated heterocycles. The third-order valence-corrected chi connectivity index (χ3v) is 3.39. The maximum Gasteiger partial charge on any atom is 0.251 e. The molecule has 0 bridgehead atoms. The number of hydrogen-bond donors (Lipinski definition) is 1. The molecule has 1 aromatic carbocycles. The van der Waals surface area contributed by atoms with Crippen LogP contribution in [0.5, 0.6) is 11.6 Å². The molecule has 0 aliphatic rings. The number of nitrogens with one attached hydrogen (secondary N) is 1. The Balaban J connectivity index is 1.50. The zero-order valence-corrected chi connectivity index (χ0v) is 13.6. The fourth-order valence-corrected chi connectivity index (χ4v) is 2.10. The quantitative estimate of drug-likeness (QED) is 0.712. The molecule has 2 heterocycles. The molecule has 0 aliphatic heterocycles. The van der Waals surface area contributed by atoms with Gasteiger partial charge in [0.15, 0.2) is 5.76 Å². The summed E-state index contributed by atoms with van der Waals surface area (Å²) in [5.41, 5.74) is 1.17. The van der Waals surface area contributed by atoms with Gasteiger partial charge in [0.05, 0.1) is 13.7 Å². The van der Waals surface area contributed by atoms with Crippen LogP contribution in [0.15, 0.2) is 59.3 Å². The molecule has 25 heavy (non-hydrogen) atoms. The van der Waals surface area contributed by atoms with Crippen molar-refractivity contribution in [2.75, 3.05) is 7.11 Å². The fraction of sp³-hybridized carbons (Fsp3) is 0.167. The predicted octanol–water partition coefficient (Wildman–Crippen LogP) is 2.59. The van der Waals surface area contributed by atoms with Crippen LogP contribution in [-0.4, -0.2) is 23.2 Å². The second kappa shape index (κ2) is 7.96. The van der Waals surface area contributed by atoms with Crippen molar-refractivity contribution in [1.29, 1.82) is 0 Å². The molecule has 0 radical (unpaired) electrons. The van der Waals surface area contributed by atoms with Crippen molar-refractivity contribution in [1.82, 2.24) is 15.5 Å². The minimum Gasteiger partial charge on any atom is -0.497 e. The molecule has 0 aliphatic carbocycles. The normalized spacial score (nSPS) is 10.3. The van der Waals surface area contributed by atoms with E-state index in [0.717, 1.165) is 0 Å². The first-order valence-electron chi connectivity index (χ1n) is 7.65. The number of carbonyl (C=O) groups excluding carboxylic acids is 1. The Kier molecular flexibility index (Phi) is 5.26. The summed E-state index contributed by atoms with van der Waals surface area (Å²) in [6.45, 7) is 0.481. The highest BCUT2D eigenvalue weighted by Gasteiger charge is 2.09. The van der Waals surface area contributed by atoms with E-state index >= 15 is 0 Å². The van der Waals surface area contributed by atoms with E-state index in [-0.39, 0.29) is 19.1 Å². The third kappa shape index (κ3) is 4.57. The summed E-state index contributed by atoms with van der Waals surface area (Å²) in [5.74, 6) is 1.55. The first-order chi connectivity index (χ1) is 12.2. The van der Waals surface area contributed by atoms with E-state index in [1.165, 1.54) is 0 Å². The van der Waals surface area contributed by atoms with E-state index in [4.69, 9.17) is 14.0 Å². The topological polar surface area (TPSA) is 86.5 Å². The number of amides is 1. The lowest BCUT2D eigenvalue weighted by Crippen LogP contribution is -2.22. The number of carbonyl (C=O) groups is 1. The van der Waals surface area contributed by atoms with Crippen LogP contribution in [0.3, 0.4) is 0 Å². The van der Waals surface area contributed by atoms with Gasteiger partial charge in [-0.2, -0.15) is 0 Å². The van der Waals surface area contributed by atoms with Crippen LogP contribution in [0.4, 0.5) is 0 Å². The number of hydrogen-bond acceptors (Lipinski definition) is 6. The summed E-state index contributed by atoms with van der Waals surface area (Å²) in [4.78, 5) is 16.1. The average molecular weight is 339 g/mol. The maximum atomic E-state index is 12.1. The highest BCUT2D eigenvalue weighted by atomic mass is 16.5. The zero-order valence-electron chi connectivity index (χ0n) is 13.6. The molecule has 2 aromatic heterocycles. The van der Waals surface area contributed by atoms with Crippen LogP contribution >= 0.6 is 0 Å². The summed E-state index contributed by atoms with van der Waals surface area (Å²) >= 11 is 0. The van der Waals surface area contributed by atoms with Crippen LogP contribution < -0.4 is 14.8 Å². The molecule has 0 fully saturated rings. The highest BCUT2D eigenvalue weighted by Crippen LogP contribution is 2.12. The fourth-order valence-electron chi connectivity index (χ4n) is 2.10. The SMILES string of the molecule is COc1ccc(C(=O)NCc2cc(COc3ccccn3)no2)cc1. The van der Waals surface area contributed by atoms with Gasteiger partial charge in [0.25, 0.3) is 5.91 Å². The highest BCUT2D eigenvalue weighted by molar-refractivity contribution is 5.94. The number of methoxy groups -OCH3 is 1. The van der Waals surface area contributed by atoms with Crippen LogP contribution in [0.1, 0.15) is 21.8 Å². The van der Waals surface area contributed by atoms with Gasteiger partial charge >= 0.3 is 0 Å². The summed E-state index contributed by atoms with van der Waals surface area (Å²) < 4.78 is 15.7. The molecule has 3 rings (SSSR count). The Hall–Kier alpha value is -3.35. The lowest BCUT2D eigenvalue weighted by Gasteiger charge is -2.04. The van der Waals surface area contributed by atoms with Gasteiger partial charge in [-0.25, -0.2) is 4.98 Å². The molecule has 7 heteroatoms. The summed E-state index contributed by atoms with van der Waals surface area (Å²) in [5, 5.41) is 6.68. The first kappa shape index (κ1) is 16.5. The van der Waals surface area contributed by atoms with Gasteiger partial charge in [-0.05, 0) is 30.3 Å². The second-order valence-corrected chi connectivity index (χ2v) is 5.15. The van der Waals surface area contributed by atoms with Crippen LogP contribution in [0.25, 0.3) is 0 Å². The summed E-state index contributed by atoms with van der Waals surface area (Å²) in [7, 11) is 1.58. The Bertz CT molecular complexity index is 816. The largest absolute Gasteiger partial charge is 0.497 e. The molecule has 0 spiro atoms. The molecule has 1 amide bonds. The van der Waals surface area contributed by atoms with Crippen molar-refractivity contribution >= 4 is 5.91 Å². The average Bonchev–Trinajstić information content (AvgIpc) is 3.13. The predicted molar refractivity (Wildman–Crippen MR) is 89.2 cm³/mol. The number of benzene rings is 1. The molecular formula is C18H17N3O4. The van der Waals surface area contributed by atoms with Crippen molar-refractivity contribution in [3.63, 3.8) is 0 Å². The molecule has 0 saturated carbocycles. The Morgan fingerprint density at radius 1 is 1.20 bits per heavy atom. The van der Waals surface area contributed by atoms with E-state index in [1.807, 2.05) is 12.1 Å². The van der Waals surface area contributed by atoms with Crippen molar-refractivity contribution in [2.24, 2.45) is 0 Å². The minimum atomic E-state index is -0.203. The molecule has 1 N–H and O–H groups in total. The van der Waals surface area contributed by atoms with E-state index in [1.54, 1.807) is 49.7 Å². The van der Waals surface area contributed by atoms with Gasteiger partial charge in [-0.15, -0.1) is 0 Å². The van der Waals surface area contributed by atoms with E-state index in [9.17, 15) is 4.79 Å². The van der Waals surface area contributed by atoms with Gasteiger partial charge in [0.2, 0.25) is 5.88 Å². The van der Waals surface area contributed by atoms with Crippen LogP contribution in [0, 0.1) is 0 Å². The minimum absolute atomic E-state index is 0.203. The lowest BCUT2D eigenvalue weighted by atomic mass is 10.2. The summed E-state index contributed by atoms with van der Waals surface area (Å²) in [6.07, 6.45) is 1.65. The number of pyridine rings is 1. The molecule has 3 aromatic rings. The molecule has 0 atom stereocenters. The lowest BCUT2D eigenvalue weighted by molar-refractivity contribution is 0.0947. The van der Waals surface area contributed by atoms with Gasteiger partial charge < -0.3 is 19.3 Å². The molecule has 7 nitrogen and oxygen atoms in total. The van der Waals surface area contributed by atoms with Crippen LogP contribution in [0.2, 0.25) is 0 Å². The van der Waals surface area contributed by atoms with Gasteiger partial charge in [-0.1, -0.05) is 11.2 Å². The standard InChI is InChI=1S/C18H17N3O4/c1-23-15-7-5-13(6-8-15)18(22)20-11-16-10-14(21-25-16)12-24-17-4-2-3-9-19-17/h2-10H,11-12H2,1H3,(H,20,22). The second-order valence-electron chi connectivity index (χ2n) is 5.15. The smallest absolute Gasteiger partial charge is 0.251 e. The third-order valence-electron chi connectivity index (χ3n) is 3.39. The van der Waals surface area contributed by atoms with E-state index < -0.39 is 0 Å². The van der Waals surface area contributed by atoms with Crippen molar-refractivity contribution in [3.05, 3.63) is 71.7 Å². The van der Waals surface area contributed by atoms with Gasteiger partial charge in [0, 0.05) is 23.9 Å². The Morgan fingerprint density at radius 3 is 2.76 bits per heavy atom. The monoisotopic (exact) mass is 339 g/mol. The number of nitrogens with zero attached hydrogens (tertiary/aromatic N) is 2. The van der Waals surface area contributed by atoms with E-state index in [2.05, 4.69) is 15.5 Å². The van der Waals surface area contributed by atoms with E-state index in [0.29, 0.717) is 28.6 Å². The van der Waals surface area contributed by atoms with Crippen molar-refractivity contribution in [2.45, 2.75) is 13.2 Å². The summed E-state index contributed by atoms with van der Waals surface area (Å²) in [6, 6.07) is 14.0. The number of ether oxygens (including phenoxy) is 2. The Labute approximate surface area is 144 Å². The van der Waals surface area contributed by atoms with Crippen molar-refractivity contribution < 1.29 is 18.8 Å². The van der Waals surface area contributed by atoms with Crippen LogP contribution in [-0.2, 0) is 13.2 Å².